The van der Waals surface area contributed by atoms with Gasteiger partial charge in [0, 0.05) is 16.2 Å². The highest BCUT2D eigenvalue weighted by molar-refractivity contribution is 9.10. The highest BCUT2D eigenvalue weighted by atomic mass is 79.9. The van der Waals surface area contributed by atoms with E-state index >= 15 is 0 Å². The number of nitrogens with zero attached hydrogens (tertiary/aromatic N) is 1. The minimum atomic E-state index is 0.361. The van der Waals surface area contributed by atoms with Gasteiger partial charge in [-0.1, -0.05) is 12.1 Å². The first kappa shape index (κ1) is 14.2. The molecule has 0 N–H and O–H groups in total. The van der Waals surface area contributed by atoms with E-state index in [2.05, 4.69) is 20.9 Å². The summed E-state index contributed by atoms with van der Waals surface area (Å²) in [4.78, 5) is 4.22. The quantitative estimate of drug-likeness (QED) is 0.764. The lowest BCUT2D eigenvalue weighted by molar-refractivity contribution is 0.290. The first-order valence-electron chi connectivity index (χ1n) is 5.69. The summed E-state index contributed by atoms with van der Waals surface area (Å²) in [7, 11) is 1.64. The molecule has 0 amide bonds. The molecular formula is C14H13BrClNO2. The fourth-order valence-corrected chi connectivity index (χ4v) is 2.18. The van der Waals surface area contributed by atoms with E-state index in [4.69, 9.17) is 21.1 Å². The van der Waals surface area contributed by atoms with E-state index in [1.165, 1.54) is 0 Å². The molecule has 0 aliphatic rings. The number of hydrogen-bond donors (Lipinski definition) is 0. The van der Waals surface area contributed by atoms with E-state index in [1.54, 1.807) is 13.3 Å². The number of ether oxygens (including phenoxy) is 2. The number of hydrogen-bond acceptors (Lipinski definition) is 3. The topological polar surface area (TPSA) is 31.4 Å². The number of rotatable bonds is 5. The van der Waals surface area contributed by atoms with Gasteiger partial charge in [0.2, 0.25) is 5.88 Å². The Labute approximate surface area is 125 Å². The first-order valence-corrected chi connectivity index (χ1v) is 7.02. The molecule has 5 heteroatoms. The Morgan fingerprint density at radius 1 is 1.32 bits per heavy atom. The number of methoxy groups -OCH3 is 1. The van der Waals surface area contributed by atoms with Gasteiger partial charge in [-0.15, -0.1) is 11.6 Å². The Hall–Kier alpha value is -1.26. The third-order valence-electron chi connectivity index (χ3n) is 2.55. The summed E-state index contributed by atoms with van der Waals surface area (Å²) < 4.78 is 11.8. The summed E-state index contributed by atoms with van der Waals surface area (Å²) in [6.07, 6.45) is 1.69. The van der Waals surface area contributed by atoms with Crippen LogP contribution in [0.1, 0.15) is 11.1 Å². The molecule has 0 saturated carbocycles. The molecular weight excluding hydrogens is 330 g/mol. The van der Waals surface area contributed by atoms with Crippen molar-refractivity contribution in [1.82, 2.24) is 4.98 Å². The number of halogens is 2. The van der Waals surface area contributed by atoms with Gasteiger partial charge in [-0.3, -0.25) is 0 Å². The molecule has 0 spiro atoms. The Bertz CT molecular complexity index is 563. The Balaban J connectivity index is 2.09. The summed E-state index contributed by atoms with van der Waals surface area (Å²) >= 11 is 9.23. The molecule has 100 valence electrons. The molecule has 2 rings (SSSR count). The lowest BCUT2D eigenvalue weighted by Gasteiger charge is -2.10. The van der Waals surface area contributed by atoms with E-state index in [1.807, 2.05) is 30.3 Å². The monoisotopic (exact) mass is 341 g/mol. The molecule has 1 aromatic heterocycles. The molecule has 0 aliphatic carbocycles. The van der Waals surface area contributed by atoms with E-state index in [0.717, 1.165) is 21.3 Å². The zero-order chi connectivity index (χ0) is 13.7. The SMILES string of the molecule is COc1cccc(COc2ncc(Br)cc2CCl)c1. The van der Waals surface area contributed by atoms with Crippen LogP contribution in [0.3, 0.4) is 0 Å². The van der Waals surface area contributed by atoms with Gasteiger partial charge in [-0.05, 0) is 39.7 Å². The maximum atomic E-state index is 5.87. The molecule has 0 unspecified atom stereocenters. The van der Waals surface area contributed by atoms with Crippen molar-refractivity contribution in [2.45, 2.75) is 12.5 Å². The van der Waals surface area contributed by atoms with E-state index < -0.39 is 0 Å². The van der Waals surface area contributed by atoms with E-state index in [-0.39, 0.29) is 0 Å². The number of aromatic nitrogens is 1. The molecule has 0 saturated heterocycles. The molecule has 0 radical (unpaired) electrons. The fraction of sp³-hybridized carbons (Fsp3) is 0.214. The summed E-state index contributed by atoms with van der Waals surface area (Å²) in [5, 5.41) is 0. The summed E-state index contributed by atoms with van der Waals surface area (Å²) in [5.41, 5.74) is 1.88. The number of alkyl halides is 1. The molecule has 0 atom stereocenters. The standard InChI is InChI=1S/C14H13BrClNO2/c1-18-13-4-2-3-10(5-13)9-19-14-11(7-16)6-12(15)8-17-14/h2-6,8H,7,9H2,1H3. The maximum absolute atomic E-state index is 5.87. The number of pyridine rings is 1. The van der Waals surface area contributed by atoms with Crippen molar-refractivity contribution >= 4 is 27.5 Å². The van der Waals surface area contributed by atoms with Crippen LogP contribution in [0.5, 0.6) is 11.6 Å². The average molecular weight is 343 g/mol. The van der Waals surface area contributed by atoms with E-state index in [9.17, 15) is 0 Å². The average Bonchev–Trinajstić information content (AvgIpc) is 2.46. The van der Waals surface area contributed by atoms with Crippen LogP contribution in [0, 0.1) is 0 Å². The first-order chi connectivity index (χ1) is 9.22. The predicted molar refractivity (Wildman–Crippen MR) is 78.8 cm³/mol. The maximum Gasteiger partial charge on any atom is 0.218 e. The van der Waals surface area contributed by atoms with Crippen molar-refractivity contribution in [1.29, 1.82) is 0 Å². The molecule has 1 aromatic carbocycles. The van der Waals surface area contributed by atoms with Crippen molar-refractivity contribution in [3.8, 4) is 11.6 Å². The highest BCUT2D eigenvalue weighted by Gasteiger charge is 2.06. The van der Waals surface area contributed by atoms with Gasteiger partial charge in [0.05, 0.1) is 13.0 Å². The van der Waals surface area contributed by atoms with Crippen LogP contribution in [0.2, 0.25) is 0 Å². The summed E-state index contributed by atoms with van der Waals surface area (Å²) in [6, 6.07) is 9.63. The summed E-state index contributed by atoms with van der Waals surface area (Å²) in [5.74, 6) is 1.73. The molecule has 1 heterocycles. The molecule has 2 aromatic rings. The second kappa shape index (κ2) is 6.78. The highest BCUT2D eigenvalue weighted by Crippen LogP contribution is 2.23. The van der Waals surface area contributed by atoms with Crippen molar-refractivity contribution in [3.63, 3.8) is 0 Å². The van der Waals surface area contributed by atoms with Gasteiger partial charge in [0.1, 0.15) is 12.4 Å². The van der Waals surface area contributed by atoms with Crippen LogP contribution in [0.25, 0.3) is 0 Å². The minimum Gasteiger partial charge on any atom is -0.497 e. The second-order valence-corrected chi connectivity index (χ2v) is 5.07. The fourth-order valence-electron chi connectivity index (χ4n) is 1.61. The molecule has 19 heavy (non-hydrogen) atoms. The largest absolute Gasteiger partial charge is 0.497 e. The molecule has 0 bridgehead atoms. The van der Waals surface area contributed by atoms with Crippen molar-refractivity contribution in [2.75, 3.05) is 7.11 Å². The minimum absolute atomic E-state index is 0.361. The van der Waals surface area contributed by atoms with E-state index in [0.29, 0.717) is 18.4 Å². The van der Waals surface area contributed by atoms with Crippen LogP contribution in [0.4, 0.5) is 0 Å². The summed E-state index contributed by atoms with van der Waals surface area (Å²) in [6.45, 7) is 0.426. The van der Waals surface area contributed by atoms with Crippen LogP contribution in [0.15, 0.2) is 41.0 Å². The van der Waals surface area contributed by atoms with Crippen LogP contribution in [-0.2, 0) is 12.5 Å². The second-order valence-electron chi connectivity index (χ2n) is 3.89. The molecule has 3 nitrogen and oxygen atoms in total. The number of benzene rings is 1. The van der Waals surface area contributed by atoms with Gasteiger partial charge in [-0.2, -0.15) is 0 Å². The smallest absolute Gasteiger partial charge is 0.218 e. The van der Waals surface area contributed by atoms with Crippen molar-refractivity contribution < 1.29 is 9.47 Å². The van der Waals surface area contributed by atoms with Crippen LogP contribution >= 0.6 is 27.5 Å². The zero-order valence-electron chi connectivity index (χ0n) is 10.4. The van der Waals surface area contributed by atoms with Crippen LogP contribution < -0.4 is 9.47 Å². The van der Waals surface area contributed by atoms with Gasteiger partial charge in [0.15, 0.2) is 0 Å². The predicted octanol–water partition coefficient (Wildman–Crippen LogP) is 4.17. The lowest BCUT2D eigenvalue weighted by Crippen LogP contribution is -2.00. The molecule has 0 aliphatic heterocycles. The van der Waals surface area contributed by atoms with Crippen molar-refractivity contribution in [2.24, 2.45) is 0 Å². The Morgan fingerprint density at radius 3 is 2.89 bits per heavy atom. The van der Waals surface area contributed by atoms with Gasteiger partial charge in [-0.25, -0.2) is 4.98 Å². The van der Waals surface area contributed by atoms with Gasteiger partial charge in [0.25, 0.3) is 0 Å². The van der Waals surface area contributed by atoms with Gasteiger partial charge < -0.3 is 9.47 Å². The van der Waals surface area contributed by atoms with Gasteiger partial charge >= 0.3 is 0 Å². The van der Waals surface area contributed by atoms with Crippen molar-refractivity contribution in [3.05, 3.63) is 52.1 Å². The van der Waals surface area contributed by atoms with Crippen LogP contribution in [-0.4, -0.2) is 12.1 Å². The lowest BCUT2D eigenvalue weighted by atomic mass is 10.2. The normalized spacial score (nSPS) is 10.3. The third-order valence-corrected chi connectivity index (χ3v) is 3.27. The zero-order valence-corrected chi connectivity index (χ0v) is 12.7. The third kappa shape index (κ3) is 3.85. The Morgan fingerprint density at radius 2 is 2.16 bits per heavy atom. The molecule has 0 fully saturated rings. The Kier molecular flexibility index (Phi) is 5.05.